The summed E-state index contributed by atoms with van der Waals surface area (Å²) in [5, 5.41) is 8.93. The van der Waals surface area contributed by atoms with Crippen LogP contribution < -0.4 is 10.2 Å². The highest BCUT2D eigenvalue weighted by atomic mass is 15.3. The van der Waals surface area contributed by atoms with E-state index in [1.54, 1.807) is 0 Å². The molecule has 0 spiro atoms. The molecule has 0 radical (unpaired) electrons. The molecule has 6 heteroatoms. The molecule has 120 valence electrons. The first-order chi connectivity index (χ1) is 11.1. The maximum atomic E-state index is 4.71. The molecule has 1 unspecified atom stereocenters. The lowest BCUT2D eigenvalue weighted by Gasteiger charge is -2.33. The third-order valence-electron chi connectivity index (χ3n) is 4.62. The van der Waals surface area contributed by atoms with Crippen LogP contribution in [-0.2, 0) is 13.5 Å². The number of likely N-dealkylation sites (N-methyl/N-ethyl adjacent to an activating group) is 1. The van der Waals surface area contributed by atoms with Gasteiger partial charge in [-0.15, -0.1) is 0 Å². The van der Waals surface area contributed by atoms with Crippen molar-refractivity contribution in [1.82, 2.24) is 19.7 Å². The van der Waals surface area contributed by atoms with Gasteiger partial charge in [-0.05, 0) is 25.0 Å². The zero-order chi connectivity index (χ0) is 16.0. The second-order valence-corrected chi connectivity index (χ2v) is 6.12. The van der Waals surface area contributed by atoms with Crippen molar-refractivity contribution < 1.29 is 1.43 Å². The number of rotatable bonds is 2. The van der Waals surface area contributed by atoms with E-state index in [0.717, 1.165) is 35.6 Å². The van der Waals surface area contributed by atoms with E-state index in [1.807, 2.05) is 24.9 Å². The van der Waals surface area contributed by atoms with Crippen LogP contribution in [0.5, 0.6) is 0 Å². The lowest BCUT2D eigenvalue weighted by Crippen LogP contribution is -2.42. The van der Waals surface area contributed by atoms with Crippen molar-refractivity contribution in [2.45, 2.75) is 19.4 Å². The highest BCUT2D eigenvalue weighted by molar-refractivity contribution is 5.78. The molecule has 4 rings (SSSR count). The molecule has 1 N–H and O–H groups in total. The van der Waals surface area contributed by atoms with E-state index in [4.69, 9.17) is 4.98 Å². The monoisotopic (exact) mass is 310 g/mol. The highest BCUT2D eigenvalue weighted by Crippen LogP contribution is 2.25. The maximum absolute atomic E-state index is 4.71. The van der Waals surface area contributed by atoms with Crippen LogP contribution in [-0.4, -0.2) is 39.4 Å². The standard InChI is InChI=1S/C17H20N6.H2/c1-11-14-10-19-17(20-16(14)23(3)21-11)22(2)13-8-12-6-4-5-7-15(12)18-9-13;/h4-7,10,13,18H,8-9H2,1-3H3;1H. The fourth-order valence-corrected chi connectivity index (χ4v) is 3.22. The van der Waals surface area contributed by atoms with Crippen LogP contribution in [0.3, 0.4) is 0 Å². The normalized spacial score (nSPS) is 16.9. The first kappa shape index (κ1) is 14.0. The number of aromatic nitrogens is 4. The summed E-state index contributed by atoms with van der Waals surface area (Å²) in [4.78, 5) is 11.4. The number of benzene rings is 1. The fraction of sp³-hybridized carbons (Fsp3) is 0.353. The Hall–Kier alpha value is -2.63. The molecule has 23 heavy (non-hydrogen) atoms. The lowest BCUT2D eigenvalue weighted by atomic mass is 9.99. The molecule has 1 aliphatic rings. The van der Waals surface area contributed by atoms with Crippen LogP contribution >= 0.6 is 0 Å². The summed E-state index contributed by atoms with van der Waals surface area (Å²) in [5.41, 5.74) is 4.41. The Balaban J connectivity index is 0.00000169. The van der Waals surface area contributed by atoms with Crippen LogP contribution in [0.4, 0.5) is 11.6 Å². The molecule has 6 nitrogen and oxygen atoms in total. The topological polar surface area (TPSA) is 58.9 Å². The van der Waals surface area contributed by atoms with Gasteiger partial charge in [-0.25, -0.2) is 4.98 Å². The van der Waals surface area contributed by atoms with Gasteiger partial charge < -0.3 is 10.2 Å². The number of hydrogen-bond acceptors (Lipinski definition) is 5. The number of fused-ring (bicyclic) bond motifs is 2. The summed E-state index contributed by atoms with van der Waals surface area (Å²) in [6, 6.07) is 8.79. The van der Waals surface area contributed by atoms with Gasteiger partial charge in [-0.3, -0.25) is 4.68 Å². The van der Waals surface area contributed by atoms with Crippen molar-refractivity contribution in [3.8, 4) is 0 Å². The Morgan fingerprint density at radius 1 is 1.35 bits per heavy atom. The molecule has 0 aliphatic carbocycles. The Morgan fingerprint density at radius 2 is 2.17 bits per heavy atom. The van der Waals surface area contributed by atoms with Crippen LogP contribution in [0.25, 0.3) is 11.0 Å². The van der Waals surface area contributed by atoms with Crippen LogP contribution in [0, 0.1) is 6.92 Å². The Bertz CT molecular complexity index is 875. The van der Waals surface area contributed by atoms with Gasteiger partial charge in [0.15, 0.2) is 5.65 Å². The summed E-state index contributed by atoms with van der Waals surface area (Å²) >= 11 is 0. The number of aryl methyl sites for hydroxylation is 2. The SMILES string of the molecule is Cc1nn(C)c2nc(N(C)C3CNc4ccccc4C3)ncc12.[HH]. The number of nitrogens with zero attached hydrogens (tertiary/aromatic N) is 5. The number of hydrogen-bond donors (Lipinski definition) is 1. The molecule has 0 saturated heterocycles. The van der Waals surface area contributed by atoms with Gasteiger partial charge in [0.25, 0.3) is 0 Å². The van der Waals surface area contributed by atoms with Crippen molar-refractivity contribution in [2.75, 3.05) is 23.8 Å². The van der Waals surface area contributed by atoms with Crippen molar-refractivity contribution >= 4 is 22.7 Å². The number of anilines is 2. The Morgan fingerprint density at radius 3 is 3.04 bits per heavy atom. The molecule has 1 aliphatic heterocycles. The fourth-order valence-electron chi connectivity index (χ4n) is 3.22. The van der Waals surface area contributed by atoms with E-state index < -0.39 is 0 Å². The van der Waals surface area contributed by atoms with E-state index in [2.05, 4.69) is 51.6 Å². The van der Waals surface area contributed by atoms with Gasteiger partial charge in [0.05, 0.1) is 17.1 Å². The van der Waals surface area contributed by atoms with E-state index in [9.17, 15) is 0 Å². The summed E-state index contributed by atoms with van der Waals surface area (Å²) in [6.07, 6.45) is 2.87. The van der Waals surface area contributed by atoms with E-state index >= 15 is 0 Å². The summed E-state index contributed by atoms with van der Waals surface area (Å²) in [5.74, 6) is 0.742. The smallest absolute Gasteiger partial charge is 0.227 e. The molecule has 0 saturated carbocycles. The van der Waals surface area contributed by atoms with Gasteiger partial charge in [-0.2, -0.15) is 10.1 Å². The largest absolute Gasteiger partial charge is 0.383 e. The van der Waals surface area contributed by atoms with Crippen molar-refractivity contribution in [2.24, 2.45) is 7.05 Å². The third kappa shape index (κ3) is 2.30. The van der Waals surface area contributed by atoms with Crippen LogP contribution in [0.15, 0.2) is 30.5 Å². The van der Waals surface area contributed by atoms with E-state index in [-0.39, 0.29) is 1.43 Å². The van der Waals surface area contributed by atoms with Crippen molar-refractivity contribution in [3.05, 3.63) is 41.7 Å². The lowest BCUT2D eigenvalue weighted by molar-refractivity contribution is 0.623. The quantitative estimate of drug-likeness (QED) is 0.787. The summed E-state index contributed by atoms with van der Waals surface area (Å²) in [7, 11) is 3.98. The third-order valence-corrected chi connectivity index (χ3v) is 4.62. The maximum Gasteiger partial charge on any atom is 0.227 e. The van der Waals surface area contributed by atoms with Crippen molar-refractivity contribution in [3.63, 3.8) is 0 Å². The highest BCUT2D eigenvalue weighted by Gasteiger charge is 2.23. The first-order valence-corrected chi connectivity index (χ1v) is 7.84. The minimum atomic E-state index is 0. The predicted octanol–water partition coefficient (Wildman–Crippen LogP) is 2.39. The van der Waals surface area contributed by atoms with Gasteiger partial charge in [0, 0.05) is 34.0 Å². The Labute approximate surface area is 136 Å². The van der Waals surface area contributed by atoms with E-state index in [0.29, 0.717) is 6.04 Å². The van der Waals surface area contributed by atoms with Gasteiger partial charge >= 0.3 is 0 Å². The second-order valence-electron chi connectivity index (χ2n) is 6.12. The first-order valence-electron chi connectivity index (χ1n) is 7.84. The minimum absolute atomic E-state index is 0. The summed E-state index contributed by atoms with van der Waals surface area (Å²) < 4.78 is 1.82. The molecule has 0 bridgehead atoms. The zero-order valence-corrected chi connectivity index (χ0v) is 13.6. The zero-order valence-electron chi connectivity index (χ0n) is 13.6. The summed E-state index contributed by atoms with van der Waals surface area (Å²) in [6.45, 7) is 2.87. The average Bonchev–Trinajstić information content (AvgIpc) is 2.87. The van der Waals surface area contributed by atoms with E-state index in [1.165, 1.54) is 11.3 Å². The molecular weight excluding hydrogens is 288 g/mol. The average molecular weight is 310 g/mol. The molecule has 1 aromatic carbocycles. The molecule has 0 fully saturated rings. The van der Waals surface area contributed by atoms with Crippen LogP contribution in [0.1, 0.15) is 12.7 Å². The van der Waals surface area contributed by atoms with Gasteiger partial charge in [0.2, 0.25) is 5.95 Å². The molecule has 3 aromatic rings. The van der Waals surface area contributed by atoms with Gasteiger partial charge in [0.1, 0.15) is 0 Å². The molecular formula is C17H22N6. The Kier molecular flexibility index (Phi) is 3.18. The van der Waals surface area contributed by atoms with Crippen molar-refractivity contribution in [1.29, 1.82) is 0 Å². The minimum Gasteiger partial charge on any atom is -0.383 e. The number of para-hydroxylation sites is 1. The predicted molar refractivity (Wildman–Crippen MR) is 94.0 cm³/mol. The number of nitrogens with one attached hydrogen (secondary N) is 1. The molecule has 2 aromatic heterocycles. The second kappa shape index (κ2) is 5.22. The van der Waals surface area contributed by atoms with Crippen LogP contribution in [0.2, 0.25) is 0 Å². The molecule has 0 amide bonds. The molecule has 3 heterocycles. The van der Waals surface area contributed by atoms with Gasteiger partial charge in [-0.1, -0.05) is 18.2 Å². The molecule has 1 atom stereocenters.